The van der Waals surface area contributed by atoms with Crippen molar-refractivity contribution in [3.8, 4) is 22.4 Å². The number of aromatic nitrogens is 3. The number of benzene rings is 1. The zero-order valence-electron chi connectivity index (χ0n) is 21.7. The first-order valence-electron chi connectivity index (χ1n) is 13.6. The van der Waals surface area contributed by atoms with E-state index in [4.69, 9.17) is 4.98 Å². The van der Waals surface area contributed by atoms with Crippen LogP contribution in [0.3, 0.4) is 0 Å². The van der Waals surface area contributed by atoms with Gasteiger partial charge < -0.3 is 5.32 Å². The summed E-state index contributed by atoms with van der Waals surface area (Å²) in [6.45, 7) is 6.69. The van der Waals surface area contributed by atoms with E-state index in [1.807, 2.05) is 41.1 Å². The largest absolute Gasteiger partial charge is 0.351 e. The summed E-state index contributed by atoms with van der Waals surface area (Å²) >= 11 is 0. The van der Waals surface area contributed by atoms with Gasteiger partial charge in [-0.15, -0.1) is 0 Å². The molecule has 1 amide bonds. The summed E-state index contributed by atoms with van der Waals surface area (Å²) in [5.74, 6) is 0.746. The van der Waals surface area contributed by atoms with Gasteiger partial charge in [0, 0.05) is 35.6 Å². The summed E-state index contributed by atoms with van der Waals surface area (Å²) in [5, 5.41) is 3.13. The second-order valence-corrected chi connectivity index (χ2v) is 10.2. The van der Waals surface area contributed by atoms with Gasteiger partial charge in [-0.3, -0.25) is 14.2 Å². The Labute approximate surface area is 219 Å². The van der Waals surface area contributed by atoms with Crippen LogP contribution in [0.2, 0.25) is 0 Å². The van der Waals surface area contributed by atoms with Gasteiger partial charge in [0.25, 0.3) is 5.91 Å². The van der Waals surface area contributed by atoms with E-state index in [1.165, 1.54) is 44.9 Å². The van der Waals surface area contributed by atoms with Gasteiger partial charge in [0.15, 0.2) is 0 Å². The van der Waals surface area contributed by atoms with Crippen LogP contribution < -0.4 is 5.32 Å². The summed E-state index contributed by atoms with van der Waals surface area (Å²) in [7, 11) is 0. The first kappa shape index (κ1) is 24.9. The van der Waals surface area contributed by atoms with E-state index >= 15 is 0 Å². The van der Waals surface area contributed by atoms with Crippen molar-refractivity contribution in [3.05, 3.63) is 84.5 Å². The highest BCUT2D eigenvalue weighted by Gasteiger charge is 2.16. The Hall–Kier alpha value is -3.73. The first-order valence-corrected chi connectivity index (χ1v) is 13.6. The molecule has 3 aromatic heterocycles. The fourth-order valence-electron chi connectivity index (χ4n) is 5.56. The van der Waals surface area contributed by atoms with E-state index < -0.39 is 0 Å². The number of hydrogen-bond acceptors (Lipinski definition) is 3. The Balaban J connectivity index is 1.34. The van der Waals surface area contributed by atoms with Crippen molar-refractivity contribution in [2.75, 3.05) is 6.54 Å². The predicted molar refractivity (Wildman–Crippen MR) is 151 cm³/mol. The minimum atomic E-state index is -0.0763. The molecule has 1 aromatic carbocycles. The van der Waals surface area contributed by atoms with Crippen molar-refractivity contribution >= 4 is 17.6 Å². The third-order valence-corrected chi connectivity index (χ3v) is 7.67. The number of nitrogens with zero attached hydrogens (tertiary/aromatic N) is 3. The molecular formula is C32H36N4O. The molecule has 3 heterocycles. The highest BCUT2D eigenvalue weighted by Crippen LogP contribution is 2.32. The quantitative estimate of drug-likeness (QED) is 0.205. The normalized spacial score (nSPS) is 14.4. The minimum absolute atomic E-state index is 0.0763. The van der Waals surface area contributed by atoms with Crippen LogP contribution in [-0.4, -0.2) is 26.8 Å². The van der Waals surface area contributed by atoms with Gasteiger partial charge in [-0.05, 0) is 61.1 Å². The summed E-state index contributed by atoms with van der Waals surface area (Å²) in [4.78, 5) is 22.3. The maximum Gasteiger partial charge on any atom is 0.269 e. The highest BCUT2D eigenvalue weighted by molar-refractivity contribution is 5.93. The molecule has 1 aliphatic carbocycles. The number of carbonyl (C=O) groups is 1. The summed E-state index contributed by atoms with van der Waals surface area (Å²) < 4.78 is 1.89. The molecule has 1 N–H and O–H groups in total. The van der Waals surface area contributed by atoms with E-state index in [2.05, 4.69) is 48.1 Å². The van der Waals surface area contributed by atoms with Gasteiger partial charge in [-0.2, -0.15) is 0 Å². The van der Waals surface area contributed by atoms with Crippen LogP contribution in [0.1, 0.15) is 73.0 Å². The maximum absolute atomic E-state index is 13.1. The number of hydrogen-bond donors (Lipinski definition) is 1. The lowest BCUT2D eigenvalue weighted by atomic mass is 9.95. The topological polar surface area (TPSA) is 59.3 Å². The molecular weight excluding hydrogens is 456 g/mol. The molecule has 0 radical (unpaired) electrons. The van der Waals surface area contributed by atoms with Crippen LogP contribution in [0, 0.1) is 12.8 Å². The molecule has 190 valence electrons. The van der Waals surface area contributed by atoms with Gasteiger partial charge in [-0.25, -0.2) is 4.98 Å². The molecule has 0 saturated heterocycles. The van der Waals surface area contributed by atoms with E-state index in [0.29, 0.717) is 12.2 Å². The third-order valence-electron chi connectivity index (χ3n) is 7.67. The molecule has 1 aliphatic rings. The molecule has 5 heteroatoms. The first-order chi connectivity index (χ1) is 18.1. The van der Waals surface area contributed by atoms with Crippen LogP contribution in [0.5, 0.6) is 0 Å². The van der Waals surface area contributed by atoms with Crippen LogP contribution in [-0.2, 0) is 0 Å². The highest BCUT2D eigenvalue weighted by atomic mass is 16.1. The van der Waals surface area contributed by atoms with E-state index in [0.717, 1.165) is 51.5 Å². The monoisotopic (exact) mass is 492 g/mol. The number of pyridine rings is 2. The Kier molecular flexibility index (Phi) is 7.79. The van der Waals surface area contributed by atoms with Gasteiger partial charge in [0.2, 0.25) is 0 Å². The molecule has 0 aliphatic heterocycles. The van der Waals surface area contributed by atoms with E-state index in [1.54, 1.807) is 6.20 Å². The third kappa shape index (κ3) is 5.66. The standard InChI is InChI=1S/C32H36N4O/c1-3-25-14-15-26(20-23(25)2)31-28(13-9-18-33-31)27-16-17-30-35-21-29(36(30)22-27)32(37)34-19-8-12-24-10-6-4-5-7-11-24/h3,9,13-18,20-22,24H,1,4-8,10-12,19H2,2H3,(H,34,37). The van der Waals surface area contributed by atoms with Crippen molar-refractivity contribution in [3.63, 3.8) is 0 Å². The number of rotatable bonds is 8. The minimum Gasteiger partial charge on any atom is -0.351 e. The van der Waals surface area contributed by atoms with Crippen molar-refractivity contribution < 1.29 is 4.79 Å². The molecule has 5 nitrogen and oxygen atoms in total. The van der Waals surface area contributed by atoms with E-state index in [9.17, 15) is 4.79 Å². The van der Waals surface area contributed by atoms with Crippen molar-refractivity contribution in [2.24, 2.45) is 5.92 Å². The molecule has 4 aromatic rings. The van der Waals surface area contributed by atoms with Gasteiger partial charge in [0.05, 0.1) is 11.9 Å². The average molecular weight is 493 g/mol. The molecule has 5 rings (SSSR count). The lowest BCUT2D eigenvalue weighted by Gasteiger charge is -2.14. The maximum atomic E-state index is 13.1. The second kappa shape index (κ2) is 11.5. The van der Waals surface area contributed by atoms with Gasteiger partial charge >= 0.3 is 0 Å². The molecule has 1 saturated carbocycles. The molecule has 0 atom stereocenters. The molecule has 0 spiro atoms. The number of fused-ring (bicyclic) bond motifs is 1. The van der Waals surface area contributed by atoms with Crippen molar-refractivity contribution in [2.45, 2.75) is 58.3 Å². The summed E-state index contributed by atoms with van der Waals surface area (Å²) in [5.41, 5.74) is 7.55. The number of carbonyl (C=O) groups excluding carboxylic acids is 1. The predicted octanol–water partition coefficient (Wildman–Crippen LogP) is 7.50. The smallest absolute Gasteiger partial charge is 0.269 e. The average Bonchev–Trinajstić information content (AvgIpc) is 3.18. The number of aryl methyl sites for hydroxylation is 1. The Bertz CT molecular complexity index is 1400. The summed E-state index contributed by atoms with van der Waals surface area (Å²) in [6, 6.07) is 14.3. The van der Waals surface area contributed by atoms with Crippen molar-refractivity contribution in [1.82, 2.24) is 19.7 Å². The zero-order valence-corrected chi connectivity index (χ0v) is 21.7. The molecule has 37 heavy (non-hydrogen) atoms. The molecule has 0 bridgehead atoms. The number of amides is 1. The van der Waals surface area contributed by atoms with Crippen LogP contribution in [0.4, 0.5) is 0 Å². The Morgan fingerprint density at radius 2 is 1.89 bits per heavy atom. The van der Waals surface area contributed by atoms with Gasteiger partial charge in [-0.1, -0.05) is 69.4 Å². The van der Waals surface area contributed by atoms with Gasteiger partial charge in [0.1, 0.15) is 11.3 Å². The van der Waals surface area contributed by atoms with Crippen LogP contribution in [0.25, 0.3) is 34.1 Å². The SMILES string of the molecule is C=Cc1ccc(-c2ncccc2-c2ccc3ncc(C(=O)NCCCC4CCCCCC4)n3c2)cc1C. The fraction of sp³-hybridized carbons (Fsp3) is 0.344. The zero-order chi connectivity index (χ0) is 25.6. The van der Waals surface area contributed by atoms with E-state index in [-0.39, 0.29) is 5.91 Å². The Morgan fingerprint density at radius 3 is 2.68 bits per heavy atom. The molecule has 0 unspecified atom stereocenters. The van der Waals surface area contributed by atoms with Crippen molar-refractivity contribution in [1.29, 1.82) is 0 Å². The number of nitrogens with one attached hydrogen (secondary N) is 1. The summed E-state index contributed by atoms with van der Waals surface area (Å²) in [6.07, 6.45) is 17.8. The Morgan fingerprint density at radius 1 is 1.08 bits per heavy atom. The lowest BCUT2D eigenvalue weighted by Crippen LogP contribution is -2.26. The number of imidazole rings is 1. The van der Waals surface area contributed by atoms with Crippen LogP contribution in [0.15, 0.2) is 67.6 Å². The second-order valence-electron chi connectivity index (χ2n) is 10.2. The van der Waals surface area contributed by atoms with Crippen LogP contribution >= 0.6 is 0 Å². The lowest BCUT2D eigenvalue weighted by molar-refractivity contribution is 0.0946. The molecule has 1 fully saturated rings. The fourth-order valence-corrected chi connectivity index (χ4v) is 5.56.